The van der Waals surface area contributed by atoms with Gasteiger partial charge in [-0.25, -0.2) is 0 Å². The Bertz CT molecular complexity index is 119. The van der Waals surface area contributed by atoms with Crippen molar-refractivity contribution >= 4 is 0 Å². The van der Waals surface area contributed by atoms with Gasteiger partial charge in [-0.1, -0.05) is 13.8 Å². The Hall–Kier alpha value is -0.0800. The average molecular weight is 142 g/mol. The van der Waals surface area contributed by atoms with Crippen molar-refractivity contribution in [3.8, 4) is 0 Å². The predicted octanol–water partition coefficient (Wildman–Crippen LogP) is 1.06. The fourth-order valence-corrected chi connectivity index (χ4v) is 1.88. The van der Waals surface area contributed by atoms with Crippen molar-refractivity contribution in [1.82, 2.24) is 0 Å². The fraction of sp³-hybridized carbons (Fsp3) is 1.00. The first-order chi connectivity index (χ1) is 4.79. The Kier molecular flexibility index (Phi) is 1.46. The molecular weight excluding hydrogens is 128 g/mol. The van der Waals surface area contributed by atoms with E-state index in [1.165, 1.54) is 0 Å². The fourth-order valence-electron chi connectivity index (χ4n) is 1.88. The Morgan fingerprint density at radius 1 is 0.900 bits per heavy atom. The van der Waals surface area contributed by atoms with Gasteiger partial charge >= 0.3 is 0 Å². The molecule has 0 unspecified atom stereocenters. The second kappa shape index (κ2) is 2.21. The summed E-state index contributed by atoms with van der Waals surface area (Å²) in [5, 5.41) is 0. The van der Waals surface area contributed by atoms with Gasteiger partial charge in [0.2, 0.25) is 0 Å². The van der Waals surface area contributed by atoms with Crippen LogP contribution in [0.25, 0.3) is 0 Å². The number of hydrogen-bond acceptors (Lipinski definition) is 2. The molecule has 2 aliphatic heterocycles. The van der Waals surface area contributed by atoms with Crippen LogP contribution in [-0.4, -0.2) is 25.4 Å². The summed E-state index contributed by atoms with van der Waals surface area (Å²) < 4.78 is 11.2. The van der Waals surface area contributed by atoms with Gasteiger partial charge < -0.3 is 9.47 Å². The third-order valence-corrected chi connectivity index (χ3v) is 2.55. The molecule has 0 aliphatic carbocycles. The standard InChI is InChI=1S/C8H14O2/c1-5-3-9-8-6(2)4-10-7(5)8/h5-8H,3-4H2,1-2H3/t5-,6-,7-,8-/m1/s1. The molecule has 0 amide bonds. The zero-order valence-corrected chi connectivity index (χ0v) is 6.54. The summed E-state index contributed by atoms with van der Waals surface area (Å²) in [6.45, 7) is 6.17. The minimum atomic E-state index is 0.398. The lowest BCUT2D eigenvalue weighted by Crippen LogP contribution is -2.23. The molecule has 0 aromatic carbocycles. The van der Waals surface area contributed by atoms with Gasteiger partial charge in [0, 0.05) is 11.8 Å². The van der Waals surface area contributed by atoms with Gasteiger partial charge in [0.15, 0.2) is 0 Å². The highest BCUT2D eigenvalue weighted by Gasteiger charge is 2.43. The van der Waals surface area contributed by atoms with Crippen LogP contribution in [0.2, 0.25) is 0 Å². The Labute approximate surface area is 61.5 Å². The molecule has 0 radical (unpaired) electrons. The van der Waals surface area contributed by atoms with E-state index in [0.717, 1.165) is 13.2 Å². The number of hydrogen-bond donors (Lipinski definition) is 0. The second-order valence-corrected chi connectivity index (χ2v) is 3.55. The molecular formula is C8H14O2. The van der Waals surface area contributed by atoms with Crippen LogP contribution in [0, 0.1) is 11.8 Å². The van der Waals surface area contributed by atoms with Crippen molar-refractivity contribution < 1.29 is 9.47 Å². The predicted molar refractivity (Wildman–Crippen MR) is 37.8 cm³/mol. The van der Waals surface area contributed by atoms with Crippen LogP contribution in [0.5, 0.6) is 0 Å². The third kappa shape index (κ3) is 0.789. The Morgan fingerprint density at radius 2 is 1.30 bits per heavy atom. The van der Waals surface area contributed by atoms with Crippen molar-refractivity contribution in [1.29, 1.82) is 0 Å². The third-order valence-electron chi connectivity index (χ3n) is 2.55. The number of fused-ring (bicyclic) bond motifs is 1. The van der Waals surface area contributed by atoms with E-state index in [1.54, 1.807) is 0 Å². The van der Waals surface area contributed by atoms with Crippen LogP contribution in [0.4, 0.5) is 0 Å². The van der Waals surface area contributed by atoms with Crippen molar-refractivity contribution in [2.24, 2.45) is 11.8 Å². The summed E-state index contributed by atoms with van der Waals surface area (Å²) in [4.78, 5) is 0. The quantitative estimate of drug-likeness (QED) is 0.503. The van der Waals surface area contributed by atoms with E-state index >= 15 is 0 Å². The highest BCUT2D eigenvalue weighted by molar-refractivity contribution is 4.90. The van der Waals surface area contributed by atoms with Gasteiger partial charge in [-0.3, -0.25) is 0 Å². The van der Waals surface area contributed by atoms with Crippen molar-refractivity contribution in [3.63, 3.8) is 0 Å². The molecule has 0 aromatic rings. The van der Waals surface area contributed by atoms with Gasteiger partial charge in [-0.05, 0) is 0 Å². The van der Waals surface area contributed by atoms with E-state index in [2.05, 4.69) is 13.8 Å². The second-order valence-electron chi connectivity index (χ2n) is 3.55. The molecule has 4 atom stereocenters. The topological polar surface area (TPSA) is 18.5 Å². The normalized spacial score (nSPS) is 53.4. The molecule has 0 saturated carbocycles. The zero-order chi connectivity index (χ0) is 7.14. The summed E-state index contributed by atoms with van der Waals surface area (Å²) in [6, 6.07) is 0. The molecule has 2 saturated heterocycles. The molecule has 58 valence electrons. The maximum Gasteiger partial charge on any atom is 0.0887 e. The van der Waals surface area contributed by atoms with Crippen LogP contribution < -0.4 is 0 Å². The van der Waals surface area contributed by atoms with Crippen LogP contribution >= 0.6 is 0 Å². The molecule has 0 N–H and O–H groups in total. The lowest BCUT2D eigenvalue weighted by molar-refractivity contribution is 0.0627. The maximum absolute atomic E-state index is 5.58. The molecule has 2 heterocycles. The van der Waals surface area contributed by atoms with Gasteiger partial charge in [0.1, 0.15) is 0 Å². The number of rotatable bonds is 0. The largest absolute Gasteiger partial charge is 0.375 e. The highest BCUT2D eigenvalue weighted by atomic mass is 16.6. The summed E-state index contributed by atoms with van der Waals surface area (Å²) >= 11 is 0. The lowest BCUT2D eigenvalue weighted by atomic mass is 9.99. The Morgan fingerprint density at radius 3 is 1.70 bits per heavy atom. The molecule has 2 fully saturated rings. The smallest absolute Gasteiger partial charge is 0.0887 e. The summed E-state index contributed by atoms with van der Waals surface area (Å²) in [7, 11) is 0. The van der Waals surface area contributed by atoms with E-state index in [9.17, 15) is 0 Å². The van der Waals surface area contributed by atoms with E-state index in [0.29, 0.717) is 24.0 Å². The molecule has 2 aliphatic rings. The summed E-state index contributed by atoms with van der Waals surface area (Å²) in [5.74, 6) is 1.21. The van der Waals surface area contributed by atoms with Crippen molar-refractivity contribution in [3.05, 3.63) is 0 Å². The van der Waals surface area contributed by atoms with E-state index in [1.807, 2.05) is 0 Å². The SMILES string of the molecule is C[C@@H]1CO[C@H]2[C@@H]1OC[C@H]2C. The zero-order valence-electron chi connectivity index (χ0n) is 6.54. The van der Waals surface area contributed by atoms with Crippen molar-refractivity contribution in [2.45, 2.75) is 26.1 Å². The summed E-state index contributed by atoms with van der Waals surface area (Å²) in [6.07, 6.45) is 0.796. The van der Waals surface area contributed by atoms with Crippen LogP contribution in [0.15, 0.2) is 0 Å². The van der Waals surface area contributed by atoms with Crippen molar-refractivity contribution in [2.75, 3.05) is 13.2 Å². The molecule has 2 nitrogen and oxygen atoms in total. The monoisotopic (exact) mass is 142 g/mol. The molecule has 0 aromatic heterocycles. The first-order valence-electron chi connectivity index (χ1n) is 4.02. The minimum Gasteiger partial charge on any atom is -0.375 e. The lowest BCUT2D eigenvalue weighted by Gasteiger charge is -2.10. The van der Waals surface area contributed by atoms with Gasteiger partial charge in [0.05, 0.1) is 25.4 Å². The van der Waals surface area contributed by atoms with Crippen LogP contribution in [0.3, 0.4) is 0 Å². The van der Waals surface area contributed by atoms with Crippen LogP contribution in [0.1, 0.15) is 13.8 Å². The molecule has 10 heavy (non-hydrogen) atoms. The van der Waals surface area contributed by atoms with E-state index in [4.69, 9.17) is 9.47 Å². The molecule has 2 rings (SSSR count). The first kappa shape index (κ1) is 6.62. The molecule has 2 heteroatoms. The Balaban J connectivity index is 2.09. The highest BCUT2D eigenvalue weighted by Crippen LogP contribution is 2.33. The first-order valence-corrected chi connectivity index (χ1v) is 4.02. The van der Waals surface area contributed by atoms with Crippen LogP contribution in [-0.2, 0) is 9.47 Å². The van der Waals surface area contributed by atoms with Gasteiger partial charge in [0.25, 0.3) is 0 Å². The van der Waals surface area contributed by atoms with Gasteiger partial charge in [-0.2, -0.15) is 0 Å². The average Bonchev–Trinajstić information content (AvgIpc) is 2.41. The van der Waals surface area contributed by atoms with E-state index < -0.39 is 0 Å². The maximum atomic E-state index is 5.58. The summed E-state index contributed by atoms with van der Waals surface area (Å²) in [5.41, 5.74) is 0. The van der Waals surface area contributed by atoms with E-state index in [-0.39, 0.29) is 0 Å². The molecule has 0 bridgehead atoms. The number of ether oxygens (including phenoxy) is 2. The molecule has 0 spiro atoms. The minimum absolute atomic E-state index is 0.398. The van der Waals surface area contributed by atoms with Gasteiger partial charge in [-0.15, -0.1) is 0 Å².